The fourth-order valence-electron chi connectivity index (χ4n) is 0.607. The van der Waals surface area contributed by atoms with Crippen LogP contribution in [0.5, 0.6) is 0 Å². The van der Waals surface area contributed by atoms with Gasteiger partial charge in [0.25, 0.3) is 0 Å². The molecule has 2 rings (SSSR count). The average Bonchev–Trinajstić information content (AvgIpc) is 2.75. The highest BCUT2D eigenvalue weighted by atomic mass is 32.1. The fourth-order valence-corrected chi connectivity index (χ4v) is 0.990. The molecule has 0 spiro atoms. The summed E-state index contributed by atoms with van der Waals surface area (Å²) in [6.45, 7) is 0. The van der Waals surface area contributed by atoms with Gasteiger partial charge in [-0.3, -0.25) is 0 Å². The minimum Gasteiger partial charge on any atom is -0.464 e. The Bertz CT molecular complexity index is 370. The molecular weight excluding hydrogens is 204 g/mol. The fraction of sp³-hybridized carbons (Fsp3) is 0. The SMILES string of the molecule is Nc1nccs1.O=C(O)n1ccnc1. The molecule has 0 amide bonds. The number of hydrogen-bond donors (Lipinski definition) is 2. The Labute approximate surface area is 83.7 Å². The van der Waals surface area contributed by atoms with E-state index in [9.17, 15) is 4.79 Å². The molecule has 0 saturated heterocycles. The predicted molar refractivity (Wildman–Crippen MR) is 52.2 cm³/mol. The minimum atomic E-state index is -1.01. The van der Waals surface area contributed by atoms with Crippen molar-refractivity contribution in [1.82, 2.24) is 14.5 Å². The Hall–Kier alpha value is -1.89. The Kier molecular flexibility index (Phi) is 3.62. The van der Waals surface area contributed by atoms with Gasteiger partial charge in [0.1, 0.15) is 6.33 Å². The van der Waals surface area contributed by atoms with Gasteiger partial charge in [-0.1, -0.05) is 0 Å². The largest absolute Gasteiger partial charge is 0.464 e. The van der Waals surface area contributed by atoms with E-state index in [1.165, 1.54) is 30.1 Å². The van der Waals surface area contributed by atoms with Gasteiger partial charge in [-0.05, 0) is 0 Å². The summed E-state index contributed by atoms with van der Waals surface area (Å²) in [5.74, 6) is 0. The first-order valence-corrected chi connectivity index (χ1v) is 4.44. The van der Waals surface area contributed by atoms with Crippen molar-refractivity contribution in [2.24, 2.45) is 0 Å². The zero-order chi connectivity index (χ0) is 10.4. The van der Waals surface area contributed by atoms with Crippen molar-refractivity contribution in [3.05, 3.63) is 30.3 Å². The van der Waals surface area contributed by atoms with Crippen molar-refractivity contribution in [3.63, 3.8) is 0 Å². The Morgan fingerprint density at radius 2 is 2.36 bits per heavy atom. The highest BCUT2D eigenvalue weighted by Crippen LogP contribution is 2.02. The lowest BCUT2D eigenvalue weighted by atomic mass is 10.9. The van der Waals surface area contributed by atoms with E-state index in [0.29, 0.717) is 5.13 Å². The van der Waals surface area contributed by atoms with Crippen LogP contribution in [0.1, 0.15) is 0 Å². The van der Waals surface area contributed by atoms with Crippen LogP contribution in [0, 0.1) is 0 Å². The monoisotopic (exact) mass is 212 g/mol. The summed E-state index contributed by atoms with van der Waals surface area (Å²) >= 11 is 1.44. The zero-order valence-electron chi connectivity index (χ0n) is 7.07. The summed E-state index contributed by atoms with van der Waals surface area (Å²) in [5.41, 5.74) is 5.19. The summed E-state index contributed by atoms with van der Waals surface area (Å²) in [7, 11) is 0. The second-order valence-electron chi connectivity index (χ2n) is 2.12. The standard InChI is InChI=1S/C4H4N2O2.C3H4N2S/c7-4(8)6-2-1-5-3-6;4-3-5-1-2-6-3/h1-3H,(H,7,8);1-2H,(H2,4,5). The van der Waals surface area contributed by atoms with E-state index >= 15 is 0 Å². The van der Waals surface area contributed by atoms with E-state index in [0.717, 1.165) is 4.57 Å². The molecule has 0 unspecified atom stereocenters. The van der Waals surface area contributed by atoms with E-state index in [-0.39, 0.29) is 0 Å². The first-order valence-electron chi connectivity index (χ1n) is 3.56. The lowest BCUT2D eigenvalue weighted by Gasteiger charge is -1.85. The molecule has 0 radical (unpaired) electrons. The van der Waals surface area contributed by atoms with Crippen molar-refractivity contribution < 1.29 is 9.90 Å². The van der Waals surface area contributed by atoms with Gasteiger partial charge in [-0.25, -0.2) is 19.3 Å². The first kappa shape index (κ1) is 10.2. The lowest BCUT2D eigenvalue weighted by molar-refractivity contribution is 0.196. The average molecular weight is 212 g/mol. The third-order valence-corrected chi connectivity index (χ3v) is 1.78. The molecule has 0 fully saturated rings. The molecule has 2 aromatic rings. The number of carboxylic acid groups (broad SMARTS) is 1. The number of nitrogens with two attached hydrogens (primary N) is 1. The summed E-state index contributed by atoms with van der Waals surface area (Å²) in [6, 6.07) is 0. The van der Waals surface area contributed by atoms with Gasteiger partial charge >= 0.3 is 6.09 Å². The third kappa shape index (κ3) is 3.23. The number of aromatic nitrogens is 3. The number of nitrogens with zero attached hydrogens (tertiary/aromatic N) is 3. The minimum absolute atomic E-state index is 0.634. The number of imidazole rings is 1. The highest BCUT2D eigenvalue weighted by molar-refractivity contribution is 7.13. The van der Waals surface area contributed by atoms with Crippen LogP contribution in [0.2, 0.25) is 0 Å². The van der Waals surface area contributed by atoms with Crippen molar-refractivity contribution >= 4 is 22.6 Å². The molecule has 0 aromatic carbocycles. The molecule has 0 atom stereocenters. The lowest BCUT2D eigenvalue weighted by Crippen LogP contribution is -2.03. The maximum absolute atomic E-state index is 9.98. The molecule has 0 saturated carbocycles. The number of nitrogen functional groups attached to an aromatic ring is 1. The van der Waals surface area contributed by atoms with Crippen LogP contribution in [-0.4, -0.2) is 25.7 Å². The second kappa shape index (κ2) is 4.97. The summed E-state index contributed by atoms with van der Waals surface area (Å²) in [6.07, 6.45) is 4.67. The van der Waals surface area contributed by atoms with Crippen LogP contribution in [-0.2, 0) is 0 Å². The van der Waals surface area contributed by atoms with E-state index in [1.807, 2.05) is 5.38 Å². The molecule has 7 heteroatoms. The van der Waals surface area contributed by atoms with Crippen molar-refractivity contribution in [2.75, 3.05) is 5.73 Å². The van der Waals surface area contributed by atoms with E-state index in [2.05, 4.69) is 9.97 Å². The van der Waals surface area contributed by atoms with Crippen LogP contribution in [0.4, 0.5) is 9.93 Å². The number of anilines is 1. The van der Waals surface area contributed by atoms with Gasteiger partial charge < -0.3 is 10.8 Å². The maximum atomic E-state index is 9.98. The van der Waals surface area contributed by atoms with E-state index < -0.39 is 6.09 Å². The molecule has 0 aliphatic rings. The van der Waals surface area contributed by atoms with Gasteiger partial charge in [0.2, 0.25) is 0 Å². The highest BCUT2D eigenvalue weighted by Gasteiger charge is 1.94. The van der Waals surface area contributed by atoms with E-state index in [1.54, 1.807) is 6.20 Å². The van der Waals surface area contributed by atoms with Crippen molar-refractivity contribution in [2.45, 2.75) is 0 Å². The topological polar surface area (TPSA) is 94.0 Å². The van der Waals surface area contributed by atoms with Gasteiger partial charge in [-0.2, -0.15) is 0 Å². The molecule has 0 aliphatic carbocycles. The van der Waals surface area contributed by atoms with Gasteiger partial charge in [0.15, 0.2) is 5.13 Å². The quantitative estimate of drug-likeness (QED) is 0.682. The summed E-state index contributed by atoms with van der Waals surface area (Å²) in [5, 5.41) is 10.7. The number of thiazole rings is 1. The molecule has 2 heterocycles. The zero-order valence-corrected chi connectivity index (χ0v) is 7.89. The molecule has 14 heavy (non-hydrogen) atoms. The second-order valence-corrected chi connectivity index (χ2v) is 3.05. The van der Waals surface area contributed by atoms with Gasteiger partial charge in [-0.15, -0.1) is 11.3 Å². The molecule has 2 aromatic heterocycles. The Morgan fingerprint density at radius 1 is 1.57 bits per heavy atom. The molecular formula is C7H8N4O2S. The molecule has 3 N–H and O–H groups in total. The molecule has 0 bridgehead atoms. The van der Waals surface area contributed by atoms with Crippen LogP contribution in [0.25, 0.3) is 0 Å². The van der Waals surface area contributed by atoms with Crippen LogP contribution in [0.3, 0.4) is 0 Å². The smallest absolute Gasteiger partial charge is 0.416 e. The molecule has 6 nitrogen and oxygen atoms in total. The van der Waals surface area contributed by atoms with Gasteiger partial charge in [0.05, 0.1) is 0 Å². The predicted octanol–water partition coefficient (Wildman–Crippen LogP) is 1.13. The number of hydrogen-bond acceptors (Lipinski definition) is 5. The van der Waals surface area contributed by atoms with Crippen molar-refractivity contribution in [3.8, 4) is 0 Å². The van der Waals surface area contributed by atoms with Crippen LogP contribution < -0.4 is 5.73 Å². The normalized spacial score (nSPS) is 8.86. The maximum Gasteiger partial charge on any atom is 0.416 e. The summed E-state index contributed by atoms with van der Waals surface area (Å²) < 4.78 is 0.972. The van der Waals surface area contributed by atoms with Crippen LogP contribution >= 0.6 is 11.3 Å². The van der Waals surface area contributed by atoms with Crippen molar-refractivity contribution in [1.29, 1.82) is 0 Å². The van der Waals surface area contributed by atoms with Gasteiger partial charge in [0, 0.05) is 24.0 Å². The number of rotatable bonds is 0. The first-order chi connectivity index (χ1) is 6.70. The Balaban J connectivity index is 0.000000146. The van der Waals surface area contributed by atoms with Crippen LogP contribution in [0.15, 0.2) is 30.3 Å². The summed E-state index contributed by atoms with van der Waals surface area (Å²) in [4.78, 5) is 17.2. The third-order valence-electron chi connectivity index (χ3n) is 1.18. The molecule has 0 aliphatic heterocycles. The number of carbonyl (C=O) groups is 1. The molecule has 74 valence electrons. The van der Waals surface area contributed by atoms with E-state index in [4.69, 9.17) is 10.8 Å². The Morgan fingerprint density at radius 3 is 2.57 bits per heavy atom.